The molecule has 138 valence electrons. The summed E-state index contributed by atoms with van der Waals surface area (Å²) in [6.07, 6.45) is 1.46. The minimum Gasteiger partial charge on any atom is -0.483 e. The average Bonchev–Trinajstić information content (AvgIpc) is 3.16. The summed E-state index contributed by atoms with van der Waals surface area (Å²) in [4.78, 5) is 35.0. The smallest absolute Gasteiger partial charge is 0.327 e. The number of rotatable bonds is 6. The Kier molecular flexibility index (Phi) is 6.78. The Morgan fingerprint density at radius 3 is 2.50 bits per heavy atom. The van der Waals surface area contributed by atoms with Crippen LogP contribution in [0.2, 0.25) is 0 Å². The van der Waals surface area contributed by atoms with Gasteiger partial charge in [-0.1, -0.05) is 32.0 Å². The maximum absolute atomic E-state index is 11.8. The number of amides is 3. The number of carbonyl (C=O) groups excluding carboxylic acids is 3. The molecule has 0 aliphatic carbocycles. The first-order valence-electron chi connectivity index (χ1n) is 8.08. The number of ether oxygens (including phenoxy) is 1. The summed E-state index contributed by atoms with van der Waals surface area (Å²) in [5, 5.41) is 2.36. The van der Waals surface area contributed by atoms with Crippen LogP contribution >= 0.6 is 0 Å². The summed E-state index contributed by atoms with van der Waals surface area (Å²) in [6.45, 7) is 3.81. The number of hydrazine groups is 1. The molecule has 1 aromatic carbocycles. The van der Waals surface area contributed by atoms with Gasteiger partial charge in [-0.3, -0.25) is 25.2 Å². The Bertz CT molecular complexity index is 756. The maximum atomic E-state index is 11.8. The van der Waals surface area contributed by atoms with Gasteiger partial charge in [-0.25, -0.2) is 0 Å². The van der Waals surface area contributed by atoms with Crippen LogP contribution in [-0.4, -0.2) is 24.3 Å². The van der Waals surface area contributed by atoms with Gasteiger partial charge < -0.3 is 14.5 Å². The number of para-hydroxylation sites is 1. The third-order valence-corrected chi connectivity index (χ3v) is 3.42. The van der Waals surface area contributed by atoms with E-state index in [9.17, 15) is 14.4 Å². The van der Waals surface area contributed by atoms with Crippen LogP contribution in [0.5, 0.6) is 5.75 Å². The van der Waals surface area contributed by atoms with E-state index in [1.165, 1.54) is 6.26 Å². The van der Waals surface area contributed by atoms with Crippen LogP contribution in [-0.2, 0) is 20.9 Å². The first-order chi connectivity index (χ1) is 12.5. The fraction of sp³-hybridized carbons (Fsp3) is 0.278. The lowest BCUT2D eigenvalue weighted by Crippen LogP contribution is -2.49. The Balaban J connectivity index is 1.72. The Morgan fingerprint density at radius 2 is 1.81 bits per heavy atom. The minimum absolute atomic E-state index is 0.0717. The molecule has 8 heteroatoms. The molecular weight excluding hydrogens is 338 g/mol. The van der Waals surface area contributed by atoms with Gasteiger partial charge in [0.05, 0.1) is 12.8 Å². The zero-order chi connectivity index (χ0) is 18.9. The molecule has 2 rings (SSSR count). The fourth-order valence-electron chi connectivity index (χ4n) is 2.11. The molecule has 1 aromatic heterocycles. The number of hydrogen-bond acceptors (Lipinski definition) is 5. The van der Waals surface area contributed by atoms with Gasteiger partial charge in [-0.2, -0.15) is 0 Å². The van der Waals surface area contributed by atoms with Crippen molar-refractivity contribution >= 4 is 17.7 Å². The highest BCUT2D eigenvalue weighted by atomic mass is 16.5. The van der Waals surface area contributed by atoms with Crippen molar-refractivity contribution in [1.29, 1.82) is 0 Å². The van der Waals surface area contributed by atoms with Crippen molar-refractivity contribution in [2.24, 2.45) is 0 Å². The van der Waals surface area contributed by atoms with E-state index in [1.54, 1.807) is 18.2 Å². The molecule has 0 unspecified atom stereocenters. The second-order valence-corrected chi connectivity index (χ2v) is 5.75. The highest BCUT2D eigenvalue weighted by molar-refractivity contribution is 6.35. The summed E-state index contributed by atoms with van der Waals surface area (Å²) in [7, 11) is 0. The van der Waals surface area contributed by atoms with Gasteiger partial charge in [0, 0.05) is 0 Å². The van der Waals surface area contributed by atoms with Gasteiger partial charge in [0.1, 0.15) is 11.5 Å². The van der Waals surface area contributed by atoms with Crippen LogP contribution in [0.15, 0.2) is 47.1 Å². The van der Waals surface area contributed by atoms with Crippen molar-refractivity contribution in [3.63, 3.8) is 0 Å². The molecule has 2 aromatic rings. The third-order valence-electron chi connectivity index (χ3n) is 3.42. The van der Waals surface area contributed by atoms with E-state index in [2.05, 4.69) is 10.7 Å². The van der Waals surface area contributed by atoms with Crippen LogP contribution < -0.4 is 20.9 Å². The number of benzene rings is 1. The molecule has 0 aliphatic rings. The maximum Gasteiger partial charge on any atom is 0.327 e. The number of furan rings is 1. The average molecular weight is 359 g/mol. The van der Waals surface area contributed by atoms with E-state index in [0.29, 0.717) is 11.5 Å². The lowest BCUT2D eigenvalue weighted by Gasteiger charge is -2.13. The first-order valence-corrected chi connectivity index (χ1v) is 8.08. The Hall–Kier alpha value is -3.29. The van der Waals surface area contributed by atoms with Crippen molar-refractivity contribution in [2.75, 3.05) is 6.61 Å². The Morgan fingerprint density at radius 1 is 1.04 bits per heavy atom. The van der Waals surface area contributed by atoms with Crippen LogP contribution in [0.25, 0.3) is 0 Å². The third kappa shape index (κ3) is 5.66. The molecule has 8 nitrogen and oxygen atoms in total. The normalized spacial score (nSPS) is 10.3. The molecule has 0 atom stereocenters. The lowest BCUT2D eigenvalue weighted by molar-refractivity contribution is -0.141. The predicted octanol–water partition coefficient (Wildman–Crippen LogP) is 1.25. The Labute approximate surface area is 150 Å². The van der Waals surface area contributed by atoms with Crippen molar-refractivity contribution in [3.05, 3.63) is 54.0 Å². The summed E-state index contributed by atoms with van der Waals surface area (Å²) < 4.78 is 10.5. The van der Waals surface area contributed by atoms with Gasteiger partial charge in [-0.05, 0) is 29.7 Å². The predicted molar refractivity (Wildman–Crippen MR) is 92.9 cm³/mol. The van der Waals surface area contributed by atoms with Crippen LogP contribution in [0.1, 0.15) is 31.1 Å². The van der Waals surface area contributed by atoms with Crippen LogP contribution in [0.3, 0.4) is 0 Å². The molecule has 0 spiro atoms. The monoisotopic (exact) mass is 359 g/mol. The number of hydrogen-bond donors (Lipinski definition) is 3. The molecule has 0 fully saturated rings. The second kappa shape index (κ2) is 9.26. The van der Waals surface area contributed by atoms with Gasteiger partial charge in [0.2, 0.25) is 0 Å². The standard InChI is InChI=1S/C18H21N3O5/c1-12(2)14-7-3-4-8-15(14)26-11-16(22)20-21-18(24)17(23)19-10-13-6-5-9-25-13/h3-9,12H,10-11H2,1-2H3,(H,19,23)(H,20,22)(H,21,24). The molecule has 0 saturated carbocycles. The first kappa shape index (κ1) is 19.0. The number of nitrogens with one attached hydrogen (secondary N) is 3. The van der Waals surface area contributed by atoms with Crippen molar-refractivity contribution < 1.29 is 23.5 Å². The summed E-state index contributed by atoms with van der Waals surface area (Å²) in [6, 6.07) is 10.7. The van der Waals surface area contributed by atoms with E-state index >= 15 is 0 Å². The zero-order valence-corrected chi connectivity index (χ0v) is 14.6. The molecule has 3 amide bonds. The molecule has 26 heavy (non-hydrogen) atoms. The molecule has 0 radical (unpaired) electrons. The van der Waals surface area contributed by atoms with Crippen molar-refractivity contribution in [1.82, 2.24) is 16.2 Å². The molecule has 3 N–H and O–H groups in total. The molecule has 1 heterocycles. The largest absolute Gasteiger partial charge is 0.483 e. The van der Waals surface area contributed by atoms with Gasteiger partial charge >= 0.3 is 11.8 Å². The SMILES string of the molecule is CC(C)c1ccccc1OCC(=O)NNC(=O)C(=O)NCc1ccco1. The van der Waals surface area contributed by atoms with Crippen molar-refractivity contribution in [2.45, 2.75) is 26.3 Å². The fourth-order valence-corrected chi connectivity index (χ4v) is 2.11. The molecule has 0 saturated heterocycles. The van der Waals surface area contributed by atoms with E-state index in [4.69, 9.17) is 9.15 Å². The quantitative estimate of drug-likeness (QED) is 0.531. The zero-order valence-electron chi connectivity index (χ0n) is 14.6. The number of carbonyl (C=O) groups is 3. The van der Waals surface area contributed by atoms with Crippen LogP contribution in [0.4, 0.5) is 0 Å². The minimum atomic E-state index is -0.993. The van der Waals surface area contributed by atoms with Crippen LogP contribution in [0, 0.1) is 0 Å². The second-order valence-electron chi connectivity index (χ2n) is 5.75. The van der Waals surface area contributed by atoms with E-state index in [0.717, 1.165) is 5.56 Å². The topological polar surface area (TPSA) is 110 Å². The van der Waals surface area contributed by atoms with Gasteiger partial charge in [-0.15, -0.1) is 0 Å². The highest BCUT2D eigenvalue weighted by Gasteiger charge is 2.15. The van der Waals surface area contributed by atoms with Gasteiger partial charge in [0.25, 0.3) is 5.91 Å². The van der Waals surface area contributed by atoms with E-state index in [-0.39, 0.29) is 19.1 Å². The summed E-state index contributed by atoms with van der Waals surface area (Å²) in [5.74, 6) is -1.13. The van der Waals surface area contributed by atoms with E-state index in [1.807, 2.05) is 37.5 Å². The van der Waals surface area contributed by atoms with Gasteiger partial charge in [0.15, 0.2) is 6.61 Å². The highest BCUT2D eigenvalue weighted by Crippen LogP contribution is 2.25. The van der Waals surface area contributed by atoms with E-state index < -0.39 is 17.7 Å². The molecular formula is C18H21N3O5. The summed E-state index contributed by atoms with van der Waals surface area (Å²) >= 11 is 0. The lowest BCUT2D eigenvalue weighted by atomic mass is 10.0. The molecule has 0 bridgehead atoms. The molecule has 0 aliphatic heterocycles. The summed E-state index contributed by atoms with van der Waals surface area (Å²) in [5.41, 5.74) is 5.13. The van der Waals surface area contributed by atoms with Crippen molar-refractivity contribution in [3.8, 4) is 5.75 Å².